The topological polar surface area (TPSA) is 102 Å². The zero-order valence-corrected chi connectivity index (χ0v) is 16.4. The first-order chi connectivity index (χ1) is 13.9. The number of fused-ring (bicyclic) bond motifs is 1. The Morgan fingerprint density at radius 2 is 1.97 bits per heavy atom. The standard InChI is InChI=1S/C20H18ClN3O5/c1-2-3-4-18(25)29-22-19-16-11-15(24(27)28)9-10-17(16)23(20(19)26)12-13-5-7-14(21)8-6-13/h5-11H,2-4,12H2,1H3. The third-order valence-electron chi connectivity index (χ3n) is 4.41. The van der Waals surface area contributed by atoms with Crippen molar-refractivity contribution in [2.75, 3.05) is 4.90 Å². The molecule has 0 atom stereocenters. The summed E-state index contributed by atoms with van der Waals surface area (Å²) in [5, 5.41) is 15.5. The van der Waals surface area contributed by atoms with Crippen LogP contribution in [0.25, 0.3) is 0 Å². The lowest BCUT2D eigenvalue weighted by Gasteiger charge is -2.16. The largest absolute Gasteiger partial charge is 0.335 e. The van der Waals surface area contributed by atoms with Crippen molar-refractivity contribution in [3.05, 3.63) is 68.7 Å². The van der Waals surface area contributed by atoms with Gasteiger partial charge in [-0.3, -0.25) is 14.9 Å². The van der Waals surface area contributed by atoms with Crippen molar-refractivity contribution in [2.45, 2.75) is 32.7 Å². The van der Waals surface area contributed by atoms with E-state index in [0.717, 1.165) is 12.0 Å². The molecule has 1 heterocycles. The van der Waals surface area contributed by atoms with E-state index in [0.29, 0.717) is 17.1 Å². The van der Waals surface area contributed by atoms with Gasteiger partial charge in [0, 0.05) is 29.1 Å². The molecule has 0 bridgehead atoms. The van der Waals surface area contributed by atoms with Crippen LogP contribution in [-0.4, -0.2) is 22.5 Å². The van der Waals surface area contributed by atoms with Crippen LogP contribution in [0, 0.1) is 10.1 Å². The summed E-state index contributed by atoms with van der Waals surface area (Å²) in [7, 11) is 0. The molecule has 0 N–H and O–H groups in total. The first kappa shape index (κ1) is 20.5. The quantitative estimate of drug-likeness (QED) is 0.382. The minimum Gasteiger partial charge on any atom is -0.317 e. The number of nitrogens with zero attached hydrogens (tertiary/aromatic N) is 3. The molecule has 1 amide bonds. The van der Waals surface area contributed by atoms with E-state index in [-0.39, 0.29) is 29.9 Å². The Hall–Kier alpha value is -3.26. The third kappa shape index (κ3) is 4.60. The molecule has 29 heavy (non-hydrogen) atoms. The molecule has 0 spiro atoms. The van der Waals surface area contributed by atoms with Crippen LogP contribution < -0.4 is 4.90 Å². The van der Waals surface area contributed by atoms with Gasteiger partial charge in [-0.25, -0.2) is 4.79 Å². The van der Waals surface area contributed by atoms with Crippen LogP contribution in [0.5, 0.6) is 0 Å². The molecule has 0 saturated carbocycles. The van der Waals surface area contributed by atoms with Crippen molar-refractivity contribution >= 4 is 40.6 Å². The molecule has 0 saturated heterocycles. The van der Waals surface area contributed by atoms with Gasteiger partial charge in [0.1, 0.15) is 0 Å². The lowest BCUT2D eigenvalue weighted by Crippen LogP contribution is -2.29. The molecule has 9 heteroatoms. The van der Waals surface area contributed by atoms with Gasteiger partial charge in [-0.15, -0.1) is 0 Å². The Kier molecular flexibility index (Phi) is 6.23. The van der Waals surface area contributed by atoms with E-state index in [1.54, 1.807) is 24.3 Å². The Morgan fingerprint density at radius 3 is 2.62 bits per heavy atom. The molecular weight excluding hydrogens is 398 g/mol. The second kappa shape index (κ2) is 8.83. The van der Waals surface area contributed by atoms with Crippen LogP contribution in [0.3, 0.4) is 0 Å². The number of halogens is 1. The zero-order valence-electron chi connectivity index (χ0n) is 15.6. The number of rotatable bonds is 7. The van der Waals surface area contributed by atoms with Gasteiger partial charge in [0.05, 0.1) is 17.2 Å². The highest BCUT2D eigenvalue weighted by Gasteiger charge is 2.36. The summed E-state index contributed by atoms with van der Waals surface area (Å²) < 4.78 is 0. The summed E-state index contributed by atoms with van der Waals surface area (Å²) in [4.78, 5) is 41.6. The molecule has 150 valence electrons. The van der Waals surface area contributed by atoms with Crippen molar-refractivity contribution < 1.29 is 19.3 Å². The fourth-order valence-electron chi connectivity index (χ4n) is 2.90. The van der Waals surface area contributed by atoms with Crippen LogP contribution in [0.15, 0.2) is 47.6 Å². The van der Waals surface area contributed by atoms with E-state index in [4.69, 9.17) is 16.4 Å². The second-order valence-electron chi connectivity index (χ2n) is 6.48. The van der Waals surface area contributed by atoms with E-state index in [2.05, 4.69) is 5.16 Å². The van der Waals surface area contributed by atoms with Crippen LogP contribution in [0.2, 0.25) is 5.02 Å². The summed E-state index contributed by atoms with van der Waals surface area (Å²) in [5.41, 5.74) is 1.20. The molecule has 0 fully saturated rings. The van der Waals surface area contributed by atoms with Gasteiger partial charge in [-0.05, 0) is 30.2 Å². The Balaban J connectivity index is 1.94. The lowest BCUT2D eigenvalue weighted by atomic mass is 10.1. The fraction of sp³-hybridized carbons (Fsp3) is 0.250. The fourth-order valence-corrected chi connectivity index (χ4v) is 3.02. The number of nitro groups is 1. The normalized spacial score (nSPS) is 14.2. The number of carbonyl (C=O) groups excluding carboxylic acids is 2. The molecule has 1 aliphatic rings. The highest BCUT2D eigenvalue weighted by molar-refractivity contribution is 6.54. The van der Waals surface area contributed by atoms with Gasteiger partial charge >= 0.3 is 5.97 Å². The van der Waals surface area contributed by atoms with E-state index in [9.17, 15) is 19.7 Å². The highest BCUT2D eigenvalue weighted by Crippen LogP contribution is 2.34. The zero-order chi connectivity index (χ0) is 21.0. The molecule has 2 aromatic carbocycles. The lowest BCUT2D eigenvalue weighted by molar-refractivity contribution is -0.384. The van der Waals surface area contributed by atoms with Crippen molar-refractivity contribution in [2.24, 2.45) is 5.16 Å². The maximum atomic E-state index is 12.9. The molecule has 0 aromatic heterocycles. The van der Waals surface area contributed by atoms with Crippen molar-refractivity contribution in [1.29, 1.82) is 0 Å². The number of hydrogen-bond donors (Lipinski definition) is 0. The Bertz CT molecular complexity index is 988. The average Bonchev–Trinajstić information content (AvgIpc) is 2.96. The summed E-state index contributed by atoms with van der Waals surface area (Å²) in [6, 6.07) is 11.0. The van der Waals surface area contributed by atoms with E-state index < -0.39 is 16.8 Å². The van der Waals surface area contributed by atoms with Crippen molar-refractivity contribution in [1.82, 2.24) is 0 Å². The molecule has 1 aliphatic heterocycles. The minimum absolute atomic E-state index is 0.137. The van der Waals surface area contributed by atoms with Gasteiger partial charge in [-0.2, -0.15) is 0 Å². The van der Waals surface area contributed by atoms with Crippen molar-refractivity contribution in [3.63, 3.8) is 0 Å². The van der Waals surface area contributed by atoms with E-state index in [1.165, 1.54) is 23.1 Å². The summed E-state index contributed by atoms with van der Waals surface area (Å²) in [6.45, 7) is 2.15. The SMILES string of the molecule is CCCCC(=O)ON=C1C(=O)N(Cc2ccc(Cl)cc2)c2ccc([N+](=O)[O-])cc21. The van der Waals surface area contributed by atoms with Gasteiger partial charge in [0.2, 0.25) is 0 Å². The maximum absolute atomic E-state index is 12.9. The molecular formula is C20H18ClN3O5. The number of hydrogen-bond acceptors (Lipinski definition) is 6. The Morgan fingerprint density at radius 1 is 1.24 bits per heavy atom. The molecule has 2 aromatic rings. The number of anilines is 1. The molecule has 0 aliphatic carbocycles. The predicted octanol–water partition coefficient (Wildman–Crippen LogP) is 4.23. The predicted molar refractivity (Wildman–Crippen MR) is 108 cm³/mol. The van der Waals surface area contributed by atoms with Crippen LogP contribution in [0.4, 0.5) is 11.4 Å². The summed E-state index contributed by atoms with van der Waals surface area (Å²) >= 11 is 5.90. The minimum atomic E-state index is -0.560. The number of benzene rings is 2. The van der Waals surface area contributed by atoms with Crippen LogP contribution in [0.1, 0.15) is 37.3 Å². The monoisotopic (exact) mass is 415 g/mol. The number of carbonyl (C=O) groups is 2. The first-order valence-corrected chi connectivity index (χ1v) is 9.41. The van der Waals surface area contributed by atoms with Gasteiger partial charge in [0.25, 0.3) is 11.6 Å². The van der Waals surface area contributed by atoms with E-state index in [1.807, 2.05) is 6.92 Å². The number of amides is 1. The summed E-state index contributed by atoms with van der Waals surface area (Å²) in [5.74, 6) is -1.06. The number of oxime groups is 1. The smallest absolute Gasteiger partial charge is 0.317 e. The van der Waals surface area contributed by atoms with Crippen molar-refractivity contribution in [3.8, 4) is 0 Å². The number of nitro benzene ring substituents is 1. The van der Waals surface area contributed by atoms with Crippen LogP contribution in [-0.2, 0) is 21.0 Å². The maximum Gasteiger partial charge on any atom is 0.335 e. The number of unbranched alkanes of at least 4 members (excludes halogenated alkanes) is 1. The first-order valence-electron chi connectivity index (χ1n) is 9.03. The molecule has 0 radical (unpaired) electrons. The summed E-state index contributed by atoms with van der Waals surface area (Å²) in [6.07, 6.45) is 1.63. The molecule has 3 rings (SSSR count). The Labute approximate surface area is 171 Å². The van der Waals surface area contributed by atoms with E-state index >= 15 is 0 Å². The highest BCUT2D eigenvalue weighted by atomic mass is 35.5. The number of non-ortho nitro benzene ring substituents is 1. The third-order valence-corrected chi connectivity index (χ3v) is 4.66. The van der Waals surface area contributed by atoms with Gasteiger partial charge < -0.3 is 9.74 Å². The average molecular weight is 416 g/mol. The second-order valence-corrected chi connectivity index (χ2v) is 6.92. The molecule has 8 nitrogen and oxygen atoms in total. The molecule has 0 unspecified atom stereocenters. The van der Waals surface area contributed by atoms with Gasteiger partial charge in [0.15, 0.2) is 5.71 Å². The van der Waals surface area contributed by atoms with Crippen LogP contribution >= 0.6 is 11.6 Å². The van der Waals surface area contributed by atoms with Gasteiger partial charge in [-0.1, -0.05) is 42.2 Å².